The SMILES string of the molecule is COc1cc(N2CCN(C(=O)Cn3nc(C(F)(F)F)c(Cl)c3CNC(N)=O)CC2)ccc1Cl. The van der Waals surface area contributed by atoms with Gasteiger partial charge in [0.05, 0.1) is 29.4 Å². The van der Waals surface area contributed by atoms with Crippen molar-refractivity contribution in [3.8, 4) is 5.75 Å². The fraction of sp³-hybridized carbons (Fsp3) is 0.421. The number of benzene rings is 1. The van der Waals surface area contributed by atoms with Gasteiger partial charge in [0.25, 0.3) is 0 Å². The molecule has 0 saturated carbocycles. The predicted octanol–water partition coefficient (Wildman–Crippen LogP) is 2.73. The van der Waals surface area contributed by atoms with E-state index in [1.54, 1.807) is 12.1 Å². The molecule has 3 amide bonds. The number of piperazine rings is 1. The smallest absolute Gasteiger partial charge is 0.436 e. The van der Waals surface area contributed by atoms with Gasteiger partial charge in [-0.05, 0) is 12.1 Å². The molecule has 180 valence electrons. The van der Waals surface area contributed by atoms with E-state index in [1.165, 1.54) is 12.0 Å². The number of nitrogens with two attached hydrogens (primary N) is 1. The molecule has 1 aliphatic heterocycles. The molecule has 33 heavy (non-hydrogen) atoms. The van der Waals surface area contributed by atoms with E-state index in [1.807, 2.05) is 11.0 Å². The Morgan fingerprint density at radius 1 is 1.21 bits per heavy atom. The summed E-state index contributed by atoms with van der Waals surface area (Å²) in [7, 11) is 1.51. The third-order valence-electron chi connectivity index (χ3n) is 5.11. The lowest BCUT2D eigenvalue weighted by molar-refractivity contribution is -0.142. The molecule has 0 aliphatic carbocycles. The van der Waals surface area contributed by atoms with Gasteiger partial charge in [-0.15, -0.1) is 0 Å². The minimum Gasteiger partial charge on any atom is -0.495 e. The van der Waals surface area contributed by atoms with Crippen LogP contribution in [0.25, 0.3) is 0 Å². The zero-order valence-electron chi connectivity index (χ0n) is 17.5. The van der Waals surface area contributed by atoms with Crippen LogP contribution < -0.4 is 20.7 Å². The Balaban J connectivity index is 1.70. The first-order chi connectivity index (χ1) is 15.5. The van der Waals surface area contributed by atoms with Crippen molar-refractivity contribution in [2.75, 3.05) is 38.2 Å². The number of urea groups is 1. The summed E-state index contributed by atoms with van der Waals surface area (Å²) in [4.78, 5) is 27.4. The van der Waals surface area contributed by atoms with Gasteiger partial charge in [-0.3, -0.25) is 9.48 Å². The van der Waals surface area contributed by atoms with Crippen molar-refractivity contribution in [2.24, 2.45) is 5.73 Å². The third-order valence-corrected chi connectivity index (χ3v) is 5.82. The average Bonchev–Trinajstić information content (AvgIpc) is 3.08. The van der Waals surface area contributed by atoms with Gasteiger partial charge in [0.1, 0.15) is 12.3 Å². The standard InChI is InChI=1S/C19H21Cl2F3N6O3/c1-33-14-8-11(2-3-12(14)20)28-4-6-29(7-5-28)15(31)10-30-13(9-26-18(25)32)16(21)17(27-30)19(22,23)24/h2-3,8H,4-7,9-10H2,1H3,(H3,25,26,32). The number of carbonyl (C=O) groups excluding carboxylic acids is 2. The third kappa shape index (κ3) is 5.74. The number of halogens is 5. The molecule has 2 aromatic rings. The Labute approximate surface area is 197 Å². The number of nitrogens with zero attached hydrogens (tertiary/aromatic N) is 4. The molecule has 9 nitrogen and oxygen atoms in total. The van der Waals surface area contributed by atoms with Crippen LogP contribution in [0, 0.1) is 0 Å². The Hall–Kier alpha value is -2.86. The molecule has 1 saturated heterocycles. The number of alkyl halides is 3. The van der Waals surface area contributed by atoms with Crippen molar-refractivity contribution in [3.05, 3.63) is 39.6 Å². The summed E-state index contributed by atoms with van der Waals surface area (Å²) >= 11 is 11.9. The first-order valence-corrected chi connectivity index (χ1v) is 10.5. The molecule has 14 heteroatoms. The molecule has 0 atom stereocenters. The Morgan fingerprint density at radius 2 is 1.88 bits per heavy atom. The number of aromatic nitrogens is 2. The minimum absolute atomic E-state index is 0.164. The zero-order valence-corrected chi connectivity index (χ0v) is 19.0. The molecule has 0 unspecified atom stereocenters. The topological polar surface area (TPSA) is 106 Å². The number of rotatable bonds is 6. The second-order valence-corrected chi connectivity index (χ2v) is 7.95. The number of amides is 3. The van der Waals surface area contributed by atoms with E-state index in [-0.39, 0.29) is 5.69 Å². The average molecular weight is 509 g/mol. The maximum atomic E-state index is 13.2. The second kappa shape index (κ2) is 9.96. The van der Waals surface area contributed by atoms with Gasteiger partial charge in [0.15, 0.2) is 5.69 Å². The molecule has 3 rings (SSSR count). The van der Waals surface area contributed by atoms with Gasteiger partial charge in [-0.1, -0.05) is 23.2 Å². The molecule has 0 spiro atoms. The molecule has 1 fully saturated rings. The first kappa shape index (κ1) is 24.8. The summed E-state index contributed by atoms with van der Waals surface area (Å²) in [5, 5.41) is 5.43. The number of primary amides is 1. The Morgan fingerprint density at radius 3 is 2.45 bits per heavy atom. The van der Waals surface area contributed by atoms with Crippen molar-refractivity contribution in [2.45, 2.75) is 19.3 Å². The van der Waals surface area contributed by atoms with E-state index in [0.29, 0.717) is 37.0 Å². The van der Waals surface area contributed by atoms with Crippen LogP contribution in [0.4, 0.5) is 23.7 Å². The van der Waals surface area contributed by atoms with Crippen LogP contribution in [0.3, 0.4) is 0 Å². The van der Waals surface area contributed by atoms with Gasteiger partial charge in [-0.2, -0.15) is 18.3 Å². The van der Waals surface area contributed by atoms with Gasteiger partial charge in [-0.25, -0.2) is 4.79 Å². The quantitative estimate of drug-likeness (QED) is 0.623. The second-order valence-electron chi connectivity index (χ2n) is 7.17. The van der Waals surface area contributed by atoms with Crippen molar-refractivity contribution < 1.29 is 27.5 Å². The highest BCUT2D eigenvalue weighted by atomic mass is 35.5. The van der Waals surface area contributed by atoms with Gasteiger partial charge in [0, 0.05) is 37.9 Å². The molecule has 1 aromatic carbocycles. The number of ether oxygens (including phenoxy) is 1. The molecule has 0 radical (unpaired) electrons. The van der Waals surface area contributed by atoms with Crippen molar-refractivity contribution in [1.29, 1.82) is 0 Å². The van der Waals surface area contributed by atoms with Crippen LogP contribution in [-0.2, 0) is 24.1 Å². The number of nitrogens with one attached hydrogen (secondary N) is 1. The molecule has 2 heterocycles. The lowest BCUT2D eigenvalue weighted by Gasteiger charge is -2.36. The fourth-order valence-electron chi connectivity index (χ4n) is 3.41. The maximum absolute atomic E-state index is 13.2. The Bertz CT molecular complexity index is 1040. The number of methoxy groups -OCH3 is 1. The van der Waals surface area contributed by atoms with Gasteiger partial charge in [0.2, 0.25) is 5.91 Å². The number of carbonyl (C=O) groups is 2. The van der Waals surface area contributed by atoms with E-state index < -0.39 is 41.9 Å². The van der Waals surface area contributed by atoms with Gasteiger partial charge >= 0.3 is 12.2 Å². The lowest BCUT2D eigenvalue weighted by atomic mass is 10.2. The van der Waals surface area contributed by atoms with Crippen LogP contribution in [0.1, 0.15) is 11.4 Å². The van der Waals surface area contributed by atoms with E-state index in [4.69, 9.17) is 33.7 Å². The van der Waals surface area contributed by atoms with Crippen molar-refractivity contribution in [1.82, 2.24) is 20.0 Å². The normalized spacial score (nSPS) is 14.4. The van der Waals surface area contributed by atoms with Crippen molar-refractivity contribution >= 4 is 40.8 Å². The van der Waals surface area contributed by atoms with Crippen LogP contribution in [0.2, 0.25) is 10.0 Å². The van der Waals surface area contributed by atoms with E-state index in [2.05, 4.69) is 10.4 Å². The monoisotopic (exact) mass is 508 g/mol. The zero-order chi connectivity index (χ0) is 24.3. The molecule has 3 N–H and O–H groups in total. The highest BCUT2D eigenvalue weighted by Crippen LogP contribution is 2.35. The summed E-state index contributed by atoms with van der Waals surface area (Å²) < 4.78 is 45.8. The number of hydrogen-bond donors (Lipinski definition) is 2. The predicted molar refractivity (Wildman–Crippen MR) is 115 cm³/mol. The van der Waals surface area contributed by atoms with E-state index >= 15 is 0 Å². The molecular weight excluding hydrogens is 488 g/mol. The van der Waals surface area contributed by atoms with Crippen LogP contribution in [-0.4, -0.2) is 59.9 Å². The summed E-state index contributed by atoms with van der Waals surface area (Å²) in [6.07, 6.45) is -4.82. The van der Waals surface area contributed by atoms with Crippen LogP contribution in [0.5, 0.6) is 5.75 Å². The lowest BCUT2D eigenvalue weighted by Crippen LogP contribution is -2.49. The maximum Gasteiger partial charge on any atom is 0.436 e. The van der Waals surface area contributed by atoms with E-state index in [0.717, 1.165) is 10.4 Å². The molecule has 0 bridgehead atoms. The summed E-state index contributed by atoms with van der Waals surface area (Å²) in [6.45, 7) is 0.817. The highest BCUT2D eigenvalue weighted by Gasteiger charge is 2.39. The number of anilines is 1. The fourth-order valence-corrected chi connectivity index (χ4v) is 3.92. The summed E-state index contributed by atoms with van der Waals surface area (Å²) in [5.41, 5.74) is 4.37. The minimum atomic E-state index is -4.82. The largest absolute Gasteiger partial charge is 0.495 e. The number of hydrogen-bond acceptors (Lipinski definition) is 5. The molecule has 1 aromatic heterocycles. The Kier molecular flexibility index (Phi) is 7.48. The molecule has 1 aliphatic rings. The molecular formula is C19H21Cl2F3N6O3. The summed E-state index contributed by atoms with van der Waals surface area (Å²) in [6, 6.07) is 4.40. The van der Waals surface area contributed by atoms with E-state index in [9.17, 15) is 22.8 Å². The van der Waals surface area contributed by atoms with Crippen molar-refractivity contribution in [3.63, 3.8) is 0 Å². The van der Waals surface area contributed by atoms with Gasteiger partial charge < -0.3 is 25.6 Å². The summed E-state index contributed by atoms with van der Waals surface area (Å²) in [5.74, 6) is 0.0948. The van der Waals surface area contributed by atoms with Crippen LogP contribution in [0.15, 0.2) is 18.2 Å². The first-order valence-electron chi connectivity index (χ1n) is 9.73. The highest BCUT2D eigenvalue weighted by molar-refractivity contribution is 6.32. The van der Waals surface area contributed by atoms with Crippen LogP contribution >= 0.6 is 23.2 Å².